The Morgan fingerprint density at radius 1 is 1.05 bits per heavy atom. The van der Waals surface area contributed by atoms with Crippen LogP contribution in [0.4, 0.5) is 4.79 Å². The number of aryl methyl sites for hydroxylation is 1. The van der Waals surface area contributed by atoms with Gasteiger partial charge in [0.25, 0.3) is 0 Å². The minimum Gasteiger partial charge on any atom is -0.463 e. The van der Waals surface area contributed by atoms with Gasteiger partial charge in [0.1, 0.15) is 0 Å². The van der Waals surface area contributed by atoms with Crippen LogP contribution in [-0.2, 0) is 19.6 Å². The molecule has 0 saturated carbocycles. The van der Waals surface area contributed by atoms with Gasteiger partial charge in [0.2, 0.25) is 10.0 Å². The van der Waals surface area contributed by atoms with E-state index in [2.05, 4.69) is 24.1 Å². The number of esters is 1. The number of benzene rings is 2. The SMILES string of the molecule is CCOC(=O)C1=C(CN2CCN(S(=O)(=O)c3ccc(C)cc3)C(C)C2)N(CC)C(=O)NC1c1ccc(C(C)C)cc1. The molecular weight excluding hydrogens is 540 g/mol. The first-order chi connectivity index (χ1) is 19.5. The molecule has 0 aromatic heterocycles. The summed E-state index contributed by atoms with van der Waals surface area (Å²) in [5.41, 5.74) is 3.98. The highest BCUT2D eigenvalue weighted by atomic mass is 32.2. The third kappa shape index (κ3) is 6.50. The van der Waals surface area contributed by atoms with Gasteiger partial charge in [-0.1, -0.05) is 55.8 Å². The lowest BCUT2D eigenvalue weighted by molar-refractivity contribution is -0.139. The third-order valence-electron chi connectivity index (χ3n) is 7.84. The van der Waals surface area contributed by atoms with E-state index in [0.29, 0.717) is 49.9 Å². The fourth-order valence-corrected chi connectivity index (χ4v) is 7.17. The van der Waals surface area contributed by atoms with E-state index in [4.69, 9.17) is 4.74 Å². The highest BCUT2D eigenvalue weighted by molar-refractivity contribution is 7.89. The Labute approximate surface area is 244 Å². The molecule has 2 aliphatic heterocycles. The van der Waals surface area contributed by atoms with Crippen LogP contribution in [0.15, 0.2) is 64.7 Å². The molecule has 2 aromatic carbocycles. The van der Waals surface area contributed by atoms with Crippen LogP contribution in [0.1, 0.15) is 63.3 Å². The number of sulfonamides is 1. The van der Waals surface area contributed by atoms with Crippen molar-refractivity contribution in [1.29, 1.82) is 0 Å². The minimum atomic E-state index is -3.65. The fraction of sp³-hybridized carbons (Fsp3) is 0.484. The molecule has 2 unspecified atom stereocenters. The van der Waals surface area contributed by atoms with Gasteiger partial charge in [0.15, 0.2) is 0 Å². The molecule has 0 radical (unpaired) electrons. The maximum Gasteiger partial charge on any atom is 0.338 e. The van der Waals surface area contributed by atoms with Crippen molar-refractivity contribution in [2.75, 3.05) is 39.3 Å². The molecule has 2 heterocycles. The van der Waals surface area contributed by atoms with E-state index in [1.165, 1.54) is 5.56 Å². The maximum atomic E-state index is 13.4. The summed E-state index contributed by atoms with van der Waals surface area (Å²) < 4.78 is 33.8. The van der Waals surface area contributed by atoms with Crippen LogP contribution in [0, 0.1) is 6.92 Å². The van der Waals surface area contributed by atoms with Crippen LogP contribution < -0.4 is 5.32 Å². The van der Waals surface area contributed by atoms with Crippen LogP contribution in [0.3, 0.4) is 0 Å². The molecule has 9 nitrogen and oxygen atoms in total. The average molecular weight is 583 g/mol. The molecule has 0 spiro atoms. The van der Waals surface area contributed by atoms with Gasteiger partial charge in [-0.3, -0.25) is 9.80 Å². The van der Waals surface area contributed by atoms with Gasteiger partial charge >= 0.3 is 12.0 Å². The van der Waals surface area contributed by atoms with Crippen molar-refractivity contribution in [3.05, 3.63) is 76.5 Å². The summed E-state index contributed by atoms with van der Waals surface area (Å²) in [5.74, 6) is -0.112. The molecular formula is C31H42N4O5S. The summed E-state index contributed by atoms with van der Waals surface area (Å²) in [5, 5.41) is 3.02. The summed E-state index contributed by atoms with van der Waals surface area (Å²) in [6.45, 7) is 13.8. The average Bonchev–Trinajstić information content (AvgIpc) is 2.93. The highest BCUT2D eigenvalue weighted by Gasteiger charge is 2.40. The number of hydrogen-bond donors (Lipinski definition) is 1. The zero-order valence-corrected chi connectivity index (χ0v) is 25.7. The van der Waals surface area contributed by atoms with Gasteiger partial charge in [-0.05, 0) is 56.9 Å². The minimum absolute atomic E-state index is 0.210. The van der Waals surface area contributed by atoms with Gasteiger partial charge in [0.05, 0.1) is 23.1 Å². The number of ether oxygens (including phenoxy) is 1. The van der Waals surface area contributed by atoms with E-state index in [1.807, 2.05) is 45.0 Å². The first kappa shape index (κ1) is 30.7. The van der Waals surface area contributed by atoms with Crippen LogP contribution in [0.25, 0.3) is 0 Å². The van der Waals surface area contributed by atoms with Crippen molar-refractivity contribution in [2.45, 2.75) is 64.4 Å². The van der Waals surface area contributed by atoms with Gasteiger partial charge < -0.3 is 10.1 Å². The predicted octanol–water partition coefficient (Wildman–Crippen LogP) is 4.42. The molecule has 2 aliphatic rings. The second-order valence-electron chi connectivity index (χ2n) is 11.0. The second-order valence-corrected chi connectivity index (χ2v) is 12.9. The normalized spacial score (nSPS) is 20.9. The predicted molar refractivity (Wildman–Crippen MR) is 159 cm³/mol. The number of piperazine rings is 1. The second kappa shape index (κ2) is 12.8. The third-order valence-corrected chi connectivity index (χ3v) is 9.87. The van der Waals surface area contributed by atoms with Crippen molar-refractivity contribution in [2.24, 2.45) is 0 Å². The van der Waals surface area contributed by atoms with Crippen molar-refractivity contribution in [1.82, 2.24) is 19.4 Å². The monoisotopic (exact) mass is 582 g/mol. The molecule has 1 saturated heterocycles. The molecule has 2 aromatic rings. The number of nitrogens with one attached hydrogen (secondary N) is 1. The quantitative estimate of drug-likeness (QED) is 0.440. The molecule has 0 aliphatic carbocycles. The van der Waals surface area contributed by atoms with E-state index in [1.54, 1.807) is 40.4 Å². The summed E-state index contributed by atoms with van der Waals surface area (Å²) in [4.78, 5) is 30.7. The van der Waals surface area contributed by atoms with Crippen LogP contribution >= 0.6 is 0 Å². The Morgan fingerprint density at radius 2 is 1.71 bits per heavy atom. The number of carbonyl (C=O) groups is 2. The van der Waals surface area contributed by atoms with Crippen molar-refractivity contribution in [3.8, 4) is 0 Å². The fourth-order valence-electron chi connectivity index (χ4n) is 5.56. The van der Waals surface area contributed by atoms with E-state index >= 15 is 0 Å². The Bertz CT molecular complexity index is 1390. The number of amides is 2. The van der Waals surface area contributed by atoms with Gasteiger partial charge in [-0.15, -0.1) is 0 Å². The van der Waals surface area contributed by atoms with Gasteiger partial charge in [0, 0.05) is 44.5 Å². The number of carbonyl (C=O) groups excluding carboxylic acids is 2. The lowest BCUT2D eigenvalue weighted by Gasteiger charge is -2.42. The zero-order chi connectivity index (χ0) is 29.9. The summed E-state index contributed by atoms with van der Waals surface area (Å²) in [7, 11) is -3.65. The van der Waals surface area contributed by atoms with E-state index < -0.39 is 22.0 Å². The Hall–Kier alpha value is -3.21. The maximum absolute atomic E-state index is 13.4. The lowest BCUT2D eigenvalue weighted by atomic mass is 9.92. The number of rotatable bonds is 9. The zero-order valence-electron chi connectivity index (χ0n) is 24.9. The summed E-state index contributed by atoms with van der Waals surface area (Å²) in [6, 6.07) is 13.6. The largest absolute Gasteiger partial charge is 0.463 e. The van der Waals surface area contributed by atoms with Crippen LogP contribution in [-0.4, -0.2) is 79.9 Å². The molecule has 41 heavy (non-hydrogen) atoms. The smallest absolute Gasteiger partial charge is 0.338 e. The number of urea groups is 1. The van der Waals surface area contributed by atoms with Crippen molar-refractivity contribution < 1.29 is 22.7 Å². The van der Waals surface area contributed by atoms with Crippen molar-refractivity contribution in [3.63, 3.8) is 0 Å². The Balaban J connectivity index is 1.65. The molecule has 10 heteroatoms. The standard InChI is InChI=1S/C31H42N4O5S/c1-7-34-27(20-33-17-18-35(23(6)19-33)41(38,39)26-15-9-22(5)10-16-26)28(30(36)40-8-2)29(32-31(34)37)25-13-11-24(12-14-25)21(3)4/h9-16,21,23,29H,7-8,17-20H2,1-6H3,(H,32,37). The number of hydrogen-bond acceptors (Lipinski definition) is 6. The van der Waals surface area contributed by atoms with Crippen LogP contribution in [0.5, 0.6) is 0 Å². The topological polar surface area (TPSA) is 99.3 Å². The van der Waals surface area contributed by atoms with E-state index in [-0.39, 0.29) is 23.6 Å². The van der Waals surface area contributed by atoms with Crippen molar-refractivity contribution >= 4 is 22.0 Å². The molecule has 4 rings (SSSR count). The number of likely N-dealkylation sites (N-methyl/N-ethyl adjacent to an activating group) is 1. The van der Waals surface area contributed by atoms with E-state index in [0.717, 1.165) is 11.1 Å². The summed E-state index contributed by atoms with van der Waals surface area (Å²) >= 11 is 0. The van der Waals surface area contributed by atoms with Crippen LogP contribution in [0.2, 0.25) is 0 Å². The molecule has 2 atom stereocenters. The number of nitrogens with zero attached hydrogens (tertiary/aromatic N) is 3. The highest BCUT2D eigenvalue weighted by Crippen LogP contribution is 2.33. The molecule has 0 bridgehead atoms. The van der Waals surface area contributed by atoms with E-state index in [9.17, 15) is 18.0 Å². The molecule has 1 N–H and O–H groups in total. The summed E-state index contributed by atoms with van der Waals surface area (Å²) in [6.07, 6.45) is 0. The molecule has 2 amide bonds. The Kier molecular flexibility index (Phi) is 9.56. The molecule has 222 valence electrons. The molecule has 1 fully saturated rings. The first-order valence-corrected chi connectivity index (χ1v) is 15.8. The Morgan fingerprint density at radius 3 is 2.27 bits per heavy atom. The lowest BCUT2D eigenvalue weighted by Crippen LogP contribution is -2.56. The first-order valence-electron chi connectivity index (χ1n) is 14.4. The van der Waals surface area contributed by atoms with Gasteiger partial charge in [-0.2, -0.15) is 4.31 Å². The van der Waals surface area contributed by atoms with Gasteiger partial charge in [-0.25, -0.2) is 18.0 Å².